The van der Waals surface area contributed by atoms with Crippen molar-refractivity contribution in [2.24, 2.45) is 0 Å². The molecule has 2 N–H and O–H groups in total. The van der Waals surface area contributed by atoms with E-state index in [4.69, 9.17) is 4.74 Å². The Kier molecular flexibility index (Phi) is 6.69. The Morgan fingerprint density at radius 1 is 0.879 bits per heavy atom. The molecule has 0 atom stereocenters. The lowest BCUT2D eigenvalue weighted by molar-refractivity contribution is -0.128. The van der Waals surface area contributed by atoms with Crippen molar-refractivity contribution in [1.82, 2.24) is 4.90 Å². The summed E-state index contributed by atoms with van der Waals surface area (Å²) < 4.78 is 5.11. The third-order valence-electron chi connectivity index (χ3n) is 5.49. The van der Waals surface area contributed by atoms with Crippen LogP contribution >= 0.6 is 0 Å². The first-order valence-electron chi connectivity index (χ1n) is 10.8. The predicted molar refractivity (Wildman–Crippen MR) is 126 cm³/mol. The molecule has 0 spiro atoms. The fourth-order valence-electron chi connectivity index (χ4n) is 3.69. The van der Waals surface area contributed by atoms with E-state index < -0.39 is 0 Å². The molecule has 1 heterocycles. The van der Waals surface area contributed by atoms with Gasteiger partial charge in [0.25, 0.3) is 11.8 Å². The lowest BCUT2D eigenvalue weighted by Crippen LogP contribution is -2.24. The minimum absolute atomic E-state index is 0.154. The van der Waals surface area contributed by atoms with E-state index in [9.17, 15) is 14.4 Å². The van der Waals surface area contributed by atoms with Crippen LogP contribution in [-0.4, -0.2) is 36.3 Å². The summed E-state index contributed by atoms with van der Waals surface area (Å²) in [5.41, 5.74) is 3.15. The number of carbonyl (C=O) groups is 3. The Morgan fingerprint density at radius 3 is 2.12 bits per heavy atom. The minimum atomic E-state index is -0.250. The normalized spacial score (nSPS) is 13.0. The zero-order valence-corrected chi connectivity index (χ0v) is 18.3. The summed E-state index contributed by atoms with van der Waals surface area (Å²) in [4.78, 5) is 38.8. The maximum Gasteiger partial charge on any atom is 0.255 e. The molecular weight excluding hydrogens is 418 g/mol. The summed E-state index contributed by atoms with van der Waals surface area (Å²) in [6, 6.07) is 21.0. The summed E-state index contributed by atoms with van der Waals surface area (Å²) in [6.45, 7) is 1.27. The van der Waals surface area contributed by atoms with Crippen molar-refractivity contribution in [2.75, 3.05) is 24.3 Å². The van der Waals surface area contributed by atoms with Gasteiger partial charge in [-0.2, -0.15) is 0 Å². The number of methoxy groups -OCH3 is 1. The molecule has 1 aliphatic rings. The zero-order valence-electron chi connectivity index (χ0n) is 18.3. The second kappa shape index (κ2) is 9.99. The number of amides is 3. The Labute approximate surface area is 192 Å². The molecule has 3 amide bonds. The minimum Gasteiger partial charge on any atom is -0.497 e. The average molecular weight is 444 g/mol. The van der Waals surface area contributed by atoms with Crippen LogP contribution in [0.3, 0.4) is 0 Å². The molecular formula is C26H25N3O4. The van der Waals surface area contributed by atoms with Crippen LogP contribution in [0.4, 0.5) is 11.4 Å². The molecule has 0 aliphatic carbocycles. The largest absolute Gasteiger partial charge is 0.497 e. The number of rotatable bonds is 7. The second-order valence-corrected chi connectivity index (χ2v) is 7.83. The molecule has 4 rings (SSSR count). The average Bonchev–Trinajstić information content (AvgIpc) is 3.24. The molecule has 1 saturated heterocycles. The van der Waals surface area contributed by atoms with E-state index >= 15 is 0 Å². The van der Waals surface area contributed by atoms with Crippen LogP contribution in [0.5, 0.6) is 5.75 Å². The molecule has 33 heavy (non-hydrogen) atoms. The molecule has 0 radical (unpaired) electrons. The van der Waals surface area contributed by atoms with Gasteiger partial charge in [-0.3, -0.25) is 14.4 Å². The van der Waals surface area contributed by atoms with Crippen molar-refractivity contribution in [3.63, 3.8) is 0 Å². The van der Waals surface area contributed by atoms with Gasteiger partial charge in [-0.1, -0.05) is 12.1 Å². The number of carbonyl (C=O) groups excluding carboxylic acids is 3. The molecule has 0 unspecified atom stereocenters. The Morgan fingerprint density at radius 2 is 1.52 bits per heavy atom. The molecule has 7 nitrogen and oxygen atoms in total. The second-order valence-electron chi connectivity index (χ2n) is 7.83. The first kappa shape index (κ1) is 22.1. The van der Waals surface area contributed by atoms with Gasteiger partial charge in [-0.25, -0.2) is 0 Å². The highest BCUT2D eigenvalue weighted by Gasteiger charge is 2.20. The number of nitrogens with one attached hydrogen (secondary N) is 2. The highest BCUT2D eigenvalue weighted by Crippen LogP contribution is 2.18. The standard InChI is InChI=1S/C26H25N3O4/c1-33-23-13-11-22(12-14-23)27-25(31)19-7-9-21(10-8-19)28-26(32)20-5-2-4-18(16-20)17-29-15-3-6-24(29)30/h2,4-5,7-14,16H,3,6,15,17H2,1H3,(H,27,31)(H,28,32). The van der Waals surface area contributed by atoms with Gasteiger partial charge in [0.1, 0.15) is 5.75 Å². The van der Waals surface area contributed by atoms with Gasteiger partial charge in [0.15, 0.2) is 0 Å². The van der Waals surface area contributed by atoms with Crippen LogP contribution in [0.25, 0.3) is 0 Å². The number of nitrogens with zero attached hydrogens (tertiary/aromatic N) is 1. The Balaban J connectivity index is 1.36. The van der Waals surface area contributed by atoms with Gasteiger partial charge in [-0.05, 0) is 72.6 Å². The highest BCUT2D eigenvalue weighted by atomic mass is 16.5. The molecule has 1 aliphatic heterocycles. The number of hydrogen-bond donors (Lipinski definition) is 2. The third kappa shape index (κ3) is 5.57. The first-order chi connectivity index (χ1) is 16.0. The molecule has 1 fully saturated rings. The van der Waals surface area contributed by atoms with Crippen molar-refractivity contribution in [3.05, 3.63) is 89.5 Å². The fourth-order valence-corrected chi connectivity index (χ4v) is 3.69. The van der Waals surface area contributed by atoms with Crippen molar-refractivity contribution in [1.29, 1.82) is 0 Å². The molecule has 3 aromatic rings. The van der Waals surface area contributed by atoms with Gasteiger partial charge in [-0.15, -0.1) is 0 Å². The number of ether oxygens (including phenoxy) is 1. The zero-order chi connectivity index (χ0) is 23.2. The van der Waals surface area contributed by atoms with E-state index in [1.165, 1.54) is 0 Å². The summed E-state index contributed by atoms with van der Waals surface area (Å²) in [5.74, 6) is 0.367. The van der Waals surface area contributed by atoms with Crippen LogP contribution in [0.15, 0.2) is 72.8 Å². The lowest BCUT2D eigenvalue weighted by Gasteiger charge is -2.16. The van der Waals surface area contributed by atoms with E-state index in [1.807, 2.05) is 17.0 Å². The molecule has 0 saturated carbocycles. The topological polar surface area (TPSA) is 87.7 Å². The maximum absolute atomic E-state index is 12.7. The predicted octanol–water partition coefficient (Wildman–Crippen LogP) is 4.32. The van der Waals surface area contributed by atoms with Crippen LogP contribution in [-0.2, 0) is 11.3 Å². The lowest BCUT2D eigenvalue weighted by atomic mass is 10.1. The number of benzene rings is 3. The van der Waals surface area contributed by atoms with Crippen LogP contribution in [0, 0.1) is 0 Å². The van der Waals surface area contributed by atoms with Crippen LogP contribution < -0.4 is 15.4 Å². The molecule has 7 heteroatoms. The molecule has 0 bridgehead atoms. The molecule has 168 valence electrons. The van der Waals surface area contributed by atoms with Gasteiger partial charge >= 0.3 is 0 Å². The summed E-state index contributed by atoms with van der Waals surface area (Å²) >= 11 is 0. The molecule has 3 aromatic carbocycles. The van der Waals surface area contributed by atoms with Gasteiger partial charge in [0.05, 0.1) is 7.11 Å². The molecule has 0 aromatic heterocycles. The smallest absolute Gasteiger partial charge is 0.255 e. The van der Waals surface area contributed by atoms with E-state index in [2.05, 4.69) is 10.6 Å². The Hall–Kier alpha value is -4.13. The van der Waals surface area contributed by atoms with Crippen molar-refractivity contribution in [3.8, 4) is 5.75 Å². The summed E-state index contributed by atoms with van der Waals surface area (Å²) in [6.07, 6.45) is 1.47. The van der Waals surface area contributed by atoms with Crippen molar-refractivity contribution >= 4 is 29.1 Å². The Bertz CT molecular complexity index is 1160. The third-order valence-corrected chi connectivity index (χ3v) is 5.49. The summed E-state index contributed by atoms with van der Waals surface area (Å²) in [5, 5.41) is 5.68. The van der Waals surface area contributed by atoms with E-state index in [0.717, 1.165) is 18.5 Å². The highest BCUT2D eigenvalue weighted by molar-refractivity contribution is 6.06. The van der Waals surface area contributed by atoms with Gasteiger partial charge in [0.2, 0.25) is 5.91 Å². The monoisotopic (exact) mass is 443 g/mol. The van der Waals surface area contributed by atoms with Crippen LogP contribution in [0.1, 0.15) is 39.1 Å². The quantitative estimate of drug-likeness (QED) is 0.569. The maximum atomic E-state index is 12.7. The first-order valence-corrected chi connectivity index (χ1v) is 10.8. The fraction of sp³-hybridized carbons (Fsp3) is 0.192. The number of anilines is 2. The van der Waals surface area contributed by atoms with E-state index in [1.54, 1.807) is 67.8 Å². The van der Waals surface area contributed by atoms with Gasteiger partial charge in [0, 0.05) is 42.0 Å². The van der Waals surface area contributed by atoms with Crippen molar-refractivity contribution < 1.29 is 19.1 Å². The van der Waals surface area contributed by atoms with Crippen molar-refractivity contribution in [2.45, 2.75) is 19.4 Å². The summed E-state index contributed by atoms with van der Waals surface area (Å²) in [7, 11) is 1.58. The van der Waals surface area contributed by atoms with Gasteiger partial charge < -0.3 is 20.3 Å². The van der Waals surface area contributed by atoms with E-state index in [-0.39, 0.29) is 17.7 Å². The van der Waals surface area contributed by atoms with E-state index in [0.29, 0.717) is 41.2 Å². The SMILES string of the molecule is COc1ccc(NC(=O)c2ccc(NC(=O)c3cccc(CN4CCCC4=O)c3)cc2)cc1. The number of likely N-dealkylation sites (tertiary alicyclic amines) is 1. The number of hydrogen-bond acceptors (Lipinski definition) is 4. The van der Waals surface area contributed by atoms with Crippen LogP contribution in [0.2, 0.25) is 0 Å².